The lowest BCUT2D eigenvalue weighted by atomic mass is 9.95. The Morgan fingerprint density at radius 2 is 1.77 bits per heavy atom. The number of carbonyl (C=O) groups excluding carboxylic acids is 1. The predicted octanol–water partition coefficient (Wildman–Crippen LogP) is 4.65. The predicted molar refractivity (Wildman–Crippen MR) is 126 cm³/mol. The molecule has 1 saturated heterocycles. The fourth-order valence-corrected chi connectivity index (χ4v) is 4.14. The second kappa shape index (κ2) is 10.9. The first-order valence-electron chi connectivity index (χ1n) is 10.9. The van der Waals surface area contributed by atoms with Gasteiger partial charge < -0.3 is 4.90 Å². The highest BCUT2D eigenvalue weighted by Crippen LogP contribution is 2.28. The number of allylic oxidation sites excluding steroid dienone is 1. The van der Waals surface area contributed by atoms with Crippen LogP contribution >= 0.6 is 0 Å². The lowest BCUT2D eigenvalue weighted by Crippen LogP contribution is -2.46. The van der Waals surface area contributed by atoms with Crippen LogP contribution < -0.4 is 4.90 Å². The molecule has 0 aliphatic carbocycles. The first-order valence-corrected chi connectivity index (χ1v) is 10.9. The Bertz CT molecular complexity index is 933. The number of hydrogen-bond donors (Lipinski definition) is 0. The number of piperazine rings is 1. The number of nitro benzene ring substituents is 1. The molecule has 0 spiro atoms. The summed E-state index contributed by atoms with van der Waals surface area (Å²) in [5, 5.41) is 11.6. The van der Waals surface area contributed by atoms with Crippen molar-refractivity contribution < 1.29 is 9.72 Å². The third kappa shape index (κ3) is 6.25. The van der Waals surface area contributed by atoms with E-state index >= 15 is 0 Å². The van der Waals surface area contributed by atoms with Gasteiger partial charge in [-0.25, -0.2) is 0 Å². The summed E-state index contributed by atoms with van der Waals surface area (Å²) in [4.78, 5) is 27.5. The summed E-state index contributed by atoms with van der Waals surface area (Å²) in [6.07, 6.45) is 5.72. The minimum Gasteiger partial charge on any atom is -0.369 e. The topological polar surface area (TPSA) is 66.7 Å². The number of ketones is 1. The highest BCUT2D eigenvalue weighted by atomic mass is 16.6. The Morgan fingerprint density at radius 3 is 2.42 bits per heavy atom. The van der Waals surface area contributed by atoms with Crippen LogP contribution in [0, 0.1) is 17.0 Å². The summed E-state index contributed by atoms with van der Waals surface area (Å²) in [6.45, 7) is 8.53. The number of aryl methyl sites for hydroxylation is 1. The van der Waals surface area contributed by atoms with Gasteiger partial charge in [-0.15, -0.1) is 0 Å². The van der Waals surface area contributed by atoms with Gasteiger partial charge in [0, 0.05) is 43.5 Å². The molecule has 6 nitrogen and oxygen atoms in total. The van der Waals surface area contributed by atoms with E-state index in [1.54, 1.807) is 18.2 Å². The van der Waals surface area contributed by atoms with Gasteiger partial charge in [0.15, 0.2) is 5.78 Å². The lowest BCUT2D eigenvalue weighted by Gasteiger charge is -2.36. The standard InChI is InChI=1S/C25H31N3O3/c1-20-11-14-25(28(30)31)24(23(20)13-12-21(2)29)10-6-7-15-26-16-18-27(19-17-26)22-8-4-3-5-9-22/h3-5,8-9,11-14H,6-7,10,15-19H2,1-2H3/b13-12-. The van der Waals surface area contributed by atoms with Gasteiger partial charge in [-0.1, -0.05) is 30.3 Å². The van der Waals surface area contributed by atoms with Gasteiger partial charge in [0.1, 0.15) is 0 Å². The molecule has 2 aromatic rings. The van der Waals surface area contributed by atoms with E-state index in [0.29, 0.717) is 6.42 Å². The zero-order valence-electron chi connectivity index (χ0n) is 18.4. The molecular weight excluding hydrogens is 390 g/mol. The Morgan fingerprint density at radius 1 is 1.06 bits per heavy atom. The maximum absolute atomic E-state index is 11.6. The van der Waals surface area contributed by atoms with Crippen LogP contribution in [0.4, 0.5) is 11.4 Å². The zero-order valence-corrected chi connectivity index (χ0v) is 18.4. The number of carbonyl (C=O) groups is 1. The maximum Gasteiger partial charge on any atom is 0.273 e. The van der Waals surface area contributed by atoms with Crippen LogP contribution in [0.1, 0.15) is 36.5 Å². The van der Waals surface area contributed by atoms with Gasteiger partial charge in [0.25, 0.3) is 5.69 Å². The minimum atomic E-state index is -0.317. The molecule has 0 amide bonds. The summed E-state index contributed by atoms with van der Waals surface area (Å²) in [5.74, 6) is -0.0634. The highest BCUT2D eigenvalue weighted by molar-refractivity contribution is 5.92. The van der Waals surface area contributed by atoms with E-state index in [0.717, 1.165) is 62.3 Å². The molecule has 2 aromatic carbocycles. The smallest absolute Gasteiger partial charge is 0.273 e. The molecule has 1 fully saturated rings. The molecule has 0 saturated carbocycles. The Kier molecular flexibility index (Phi) is 7.95. The zero-order chi connectivity index (χ0) is 22.2. The lowest BCUT2D eigenvalue weighted by molar-refractivity contribution is -0.385. The number of para-hydroxylation sites is 1. The van der Waals surface area contributed by atoms with Crippen LogP contribution in [0.15, 0.2) is 48.5 Å². The van der Waals surface area contributed by atoms with E-state index in [-0.39, 0.29) is 16.4 Å². The van der Waals surface area contributed by atoms with Crippen LogP contribution in [-0.2, 0) is 11.2 Å². The molecule has 0 N–H and O–H groups in total. The van der Waals surface area contributed by atoms with Crippen molar-refractivity contribution >= 4 is 23.2 Å². The van der Waals surface area contributed by atoms with Gasteiger partial charge in [-0.05, 0) is 69.0 Å². The molecule has 0 bridgehead atoms. The third-order valence-electron chi connectivity index (χ3n) is 5.88. The highest BCUT2D eigenvalue weighted by Gasteiger charge is 2.19. The maximum atomic E-state index is 11.6. The number of rotatable bonds is 9. The summed E-state index contributed by atoms with van der Waals surface area (Å²) in [5.41, 5.74) is 3.91. The molecule has 3 rings (SSSR count). The number of hydrogen-bond acceptors (Lipinski definition) is 5. The molecule has 6 heteroatoms. The Labute approximate surface area is 184 Å². The second-order valence-electron chi connectivity index (χ2n) is 8.12. The van der Waals surface area contributed by atoms with Crippen molar-refractivity contribution in [3.8, 4) is 0 Å². The number of nitrogens with zero attached hydrogens (tertiary/aromatic N) is 3. The van der Waals surface area contributed by atoms with Crippen molar-refractivity contribution in [1.29, 1.82) is 0 Å². The minimum absolute atomic E-state index is 0.0634. The summed E-state index contributed by atoms with van der Waals surface area (Å²) in [6, 6.07) is 13.8. The van der Waals surface area contributed by atoms with Crippen molar-refractivity contribution in [2.24, 2.45) is 0 Å². The van der Waals surface area contributed by atoms with Crippen LogP contribution in [0.2, 0.25) is 0 Å². The van der Waals surface area contributed by atoms with E-state index < -0.39 is 0 Å². The monoisotopic (exact) mass is 421 g/mol. The van der Waals surface area contributed by atoms with Gasteiger partial charge in [0.2, 0.25) is 0 Å². The number of benzene rings is 2. The van der Waals surface area contributed by atoms with Crippen molar-refractivity contribution in [2.75, 3.05) is 37.6 Å². The molecule has 1 heterocycles. The van der Waals surface area contributed by atoms with Crippen molar-refractivity contribution in [3.05, 3.63) is 75.3 Å². The van der Waals surface area contributed by atoms with Gasteiger partial charge in [-0.2, -0.15) is 0 Å². The SMILES string of the molecule is CC(=O)/C=C\c1c(C)ccc([N+](=O)[O-])c1CCCCN1CCN(c2ccccc2)CC1. The summed E-state index contributed by atoms with van der Waals surface area (Å²) >= 11 is 0. The quantitative estimate of drug-likeness (QED) is 0.255. The molecule has 1 aliphatic rings. The average Bonchev–Trinajstić information content (AvgIpc) is 2.77. The first kappa shape index (κ1) is 22.7. The molecule has 0 atom stereocenters. The van der Waals surface area contributed by atoms with Gasteiger partial charge in [-0.3, -0.25) is 19.8 Å². The van der Waals surface area contributed by atoms with Crippen LogP contribution in [0.25, 0.3) is 6.08 Å². The van der Waals surface area contributed by atoms with Crippen molar-refractivity contribution in [3.63, 3.8) is 0 Å². The van der Waals surface area contributed by atoms with E-state index in [9.17, 15) is 14.9 Å². The molecule has 0 aromatic heterocycles. The fraction of sp³-hybridized carbons (Fsp3) is 0.400. The summed E-state index contributed by atoms with van der Waals surface area (Å²) in [7, 11) is 0. The number of unbranched alkanes of at least 4 members (excludes halogenated alkanes) is 1. The molecular formula is C25H31N3O3. The Hall–Kier alpha value is -2.99. The molecule has 0 radical (unpaired) electrons. The molecule has 31 heavy (non-hydrogen) atoms. The fourth-order valence-electron chi connectivity index (χ4n) is 4.14. The van der Waals surface area contributed by atoms with E-state index in [1.807, 2.05) is 13.0 Å². The van der Waals surface area contributed by atoms with Crippen molar-refractivity contribution in [1.82, 2.24) is 4.90 Å². The largest absolute Gasteiger partial charge is 0.369 e. The average molecular weight is 422 g/mol. The van der Waals surface area contributed by atoms with Gasteiger partial charge >= 0.3 is 0 Å². The second-order valence-corrected chi connectivity index (χ2v) is 8.12. The normalized spacial score (nSPS) is 14.8. The molecule has 164 valence electrons. The van der Waals surface area contributed by atoms with Gasteiger partial charge in [0.05, 0.1) is 4.92 Å². The number of anilines is 1. The Balaban J connectivity index is 1.55. The molecule has 1 aliphatic heterocycles. The van der Waals surface area contributed by atoms with E-state index in [1.165, 1.54) is 18.7 Å². The first-order chi connectivity index (χ1) is 15.0. The third-order valence-corrected chi connectivity index (χ3v) is 5.88. The number of nitro groups is 1. The van der Waals surface area contributed by atoms with E-state index in [2.05, 4.69) is 34.1 Å². The van der Waals surface area contributed by atoms with Crippen molar-refractivity contribution in [2.45, 2.75) is 33.1 Å². The van der Waals surface area contributed by atoms with E-state index in [4.69, 9.17) is 0 Å². The van der Waals surface area contributed by atoms with Crippen LogP contribution in [0.3, 0.4) is 0 Å². The molecule has 0 unspecified atom stereocenters. The van der Waals surface area contributed by atoms with Crippen LogP contribution in [-0.4, -0.2) is 48.3 Å². The summed E-state index contributed by atoms with van der Waals surface area (Å²) < 4.78 is 0. The van der Waals surface area contributed by atoms with Crippen LogP contribution in [0.5, 0.6) is 0 Å².